The smallest absolute Gasteiger partial charge is 0.326 e. The Hall–Kier alpha value is -3.24. The quantitative estimate of drug-likeness (QED) is 0.185. The van der Waals surface area contributed by atoms with Crippen LogP contribution >= 0.6 is 0 Å². The van der Waals surface area contributed by atoms with Gasteiger partial charge in [-0.25, -0.2) is 4.79 Å². The molecule has 11 nitrogen and oxygen atoms in total. The van der Waals surface area contributed by atoms with Crippen LogP contribution in [-0.4, -0.2) is 69.8 Å². The summed E-state index contributed by atoms with van der Waals surface area (Å²) in [6.07, 6.45) is 3.89. The Labute approximate surface area is 205 Å². The molecule has 1 heterocycles. The molecule has 196 valence electrons. The van der Waals surface area contributed by atoms with E-state index >= 15 is 0 Å². The SMILES string of the molecule is CC(C)[C@H](NC(=O)[C@H](CCC(=O)OC(C)(C)C)NC(=O)CCCCCN1C(=O)C=CC1=O)C(=O)O. The molecular formula is C24H37N3O8. The number of amides is 4. The fourth-order valence-electron chi connectivity index (χ4n) is 3.34. The molecule has 35 heavy (non-hydrogen) atoms. The fourth-order valence-corrected chi connectivity index (χ4v) is 3.34. The maximum atomic E-state index is 12.8. The molecule has 0 fully saturated rings. The van der Waals surface area contributed by atoms with E-state index in [4.69, 9.17) is 4.74 Å². The van der Waals surface area contributed by atoms with Crippen molar-refractivity contribution in [1.29, 1.82) is 0 Å². The molecule has 0 aliphatic carbocycles. The lowest BCUT2D eigenvalue weighted by Crippen LogP contribution is -2.53. The highest BCUT2D eigenvalue weighted by Crippen LogP contribution is 2.12. The van der Waals surface area contributed by atoms with Crippen LogP contribution in [0.25, 0.3) is 0 Å². The molecule has 0 saturated heterocycles. The summed E-state index contributed by atoms with van der Waals surface area (Å²) in [4.78, 5) is 73.0. The van der Waals surface area contributed by atoms with Gasteiger partial charge in [0.05, 0.1) is 0 Å². The van der Waals surface area contributed by atoms with E-state index in [-0.39, 0.29) is 43.5 Å². The van der Waals surface area contributed by atoms with Crippen molar-refractivity contribution in [3.05, 3.63) is 12.2 Å². The highest BCUT2D eigenvalue weighted by molar-refractivity contribution is 6.12. The van der Waals surface area contributed by atoms with Gasteiger partial charge in [0, 0.05) is 31.5 Å². The van der Waals surface area contributed by atoms with Gasteiger partial charge in [0.1, 0.15) is 17.7 Å². The van der Waals surface area contributed by atoms with E-state index < -0.39 is 41.4 Å². The predicted octanol–water partition coefficient (Wildman–Crippen LogP) is 1.30. The number of esters is 1. The monoisotopic (exact) mass is 495 g/mol. The van der Waals surface area contributed by atoms with Gasteiger partial charge in [-0.2, -0.15) is 0 Å². The Bertz CT molecular complexity index is 826. The Kier molecular flexibility index (Phi) is 11.6. The zero-order chi connectivity index (χ0) is 26.8. The second-order valence-electron chi connectivity index (χ2n) is 9.79. The number of carbonyl (C=O) groups is 6. The minimum Gasteiger partial charge on any atom is -0.480 e. The van der Waals surface area contributed by atoms with Gasteiger partial charge in [0.25, 0.3) is 11.8 Å². The van der Waals surface area contributed by atoms with Gasteiger partial charge < -0.3 is 20.5 Å². The first-order valence-corrected chi connectivity index (χ1v) is 11.8. The summed E-state index contributed by atoms with van der Waals surface area (Å²) >= 11 is 0. The first-order valence-electron chi connectivity index (χ1n) is 11.8. The first kappa shape index (κ1) is 29.8. The summed E-state index contributed by atoms with van der Waals surface area (Å²) in [5.74, 6) is -3.95. The summed E-state index contributed by atoms with van der Waals surface area (Å²) in [7, 11) is 0. The van der Waals surface area contributed by atoms with E-state index in [1.807, 2.05) is 0 Å². The molecular weight excluding hydrogens is 458 g/mol. The van der Waals surface area contributed by atoms with Crippen molar-refractivity contribution in [1.82, 2.24) is 15.5 Å². The number of rotatable bonds is 14. The van der Waals surface area contributed by atoms with Crippen LogP contribution in [0.1, 0.15) is 73.1 Å². The van der Waals surface area contributed by atoms with Crippen LogP contribution in [0.2, 0.25) is 0 Å². The maximum absolute atomic E-state index is 12.8. The Balaban J connectivity index is 2.62. The van der Waals surface area contributed by atoms with Crippen molar-refractivity contribution >= 4 is 35.6 Å². The maximum Gasteiger partial charge on any atom is 0.326 e. The van der Waals surface area contributed by atoms with Crippen molar-refractivity contribution in [3.63, 3.8) is 0 Å². The molecule has 1 aliphatic rings. The molecule has 0 aromatic carbocycles. The summed E-state index contributed by atoms with van der Waals surface area (Å²) in [6, 6.07) is -2.25. The van der Waals surface area contributed by atoms with E-state index in [0.717, 1.165) is 4.90 Å². The van der Waals surface area contributed by atoms with Gasteiger partial charge in [-0.15, -0.1) is 0 Å². The van der Waals surface area contributed by atoms with E-state index in [1.54, 1.807) is 34.6 Å². The number of aliphatic carboxylic acids is 1. The molecule has 11 heteroatoms. The number of hydrogen-bond acceptors (Lipinski definition) is 7. The number of carboxylic acids is 1. The van der Waals surface area contributed by atoms with E-state index in [9.17, 15) is 33.9 Å². The molecule has 1 aliphatic heterocycles. The topological polar surface area (TPSA) is 159 Å². The molecule has 0 radical (unpaired) electrons. The summed E-state index contributed by atoms with van der Waals surface area (Å²) in [5.41, 5.74) is -0.704. The third-order valence-corrected chi connectivity index (χ3v) is 5.13. The Morgan fingerprint density at radius 2 is 1.57 bits per heavy atom. The van der Waals surface area contributed by atoms with Crippen molar-refractivity contribution in [3.8, 4) is 0 Å². The molecule has 0 bridgehead atoms. The summed E-state index contributed by atoms with van der Waals surface area (Å²) in [5, 5.41) is 14.4. The summed E-state index contributed by atoms with van der Waals surface area (Å²) in [6.45, 7) is 8.69. The minimum atomic E-state index is -1.20. The van der Waals surface area contributed by atoms with Gasteiger partial charge in [0.15, 0.2) is 0 Å². The average Bonchev–Trinajstić information content (AvgIpc) is 3.04. The molecule has 2 atom stereocenters. The van der Waals surface area contributed by atoms with Gasteiger partial charge >= 0.3 is 11.9 Å². The zero-order valence-corrected chi connectivity index (χ0v) is 21.1. The van der Waals surface area contributed by atoms with Crippen LogP contribution in [-0.2, 0) is 33.5 Å². The number of hydrogen-bond donors (Lipinski definition) is 3. The normalized spacial score (nSPS) is 15.2. The van der Waals surface area contributed by atoms with Crippen LogP contribution in [0.3, 0.4) is 0 Å². The van der Waals surface area contributed by atoms with Gasteiger partial charge in [-0.05, 0) is 46.0 Å². The number of nitrogens with zero attached hydrogens (tertiary/aromatic N) is 1. The number of imide groups is 1. The number of nitrogens with one attached hydrogen (secondary N) is 2. The van der Waals surface area contributed by atoms with E-state index in [1.165, 1.54) is 12.2 Å². The lowest BCUT2D eigenvalue weighted by molar-refractivity contribution is -0.155. The van der Waals surface area contributed by atoms with Crippen molar-refractivity contribution in [2.24, 2.45) is 5.92 Å². The largest absolute Gasteiger partial charge is 0.480 e. The van der Waals surface area contributed by atoms with Crippen molar-refractivity contribution in [2.45, 2.75) is 90.8 Å². The molecule has 0 aromatic rings. The molecule has 0 saturated carbocycles. The minimum absolute atomic E-state index is 0.0525. The van der Waals surface area contributed by atoms with Crippen LogP contribution < -0.4 is 10.6 Å². The lowest BCUT2D eigenvalue weighted by atomic mass is 10.0. The van der Waals surface area contributed by atoms with Gasteiger partial charge in [-0.1, -0.05) is 20.3 Å². The second-order valence-corrected chi connectivity index (χ2v) is 9.79. The van der Waals surface area contributed by atoms with Crippen LogP contribution in [0.5, 0.6) is 0 Å². The second kappa shape index (κ2) is 13.6. The van der Waals surface area contributed by atoms with Crippen molar-refractivity contribution in [2.75, 3.05) is 6.54 Å². The zero-order valence-electron chi connectivity index (χ0n) is 21.1. The first-order chi connectivity index (χ1) is 16.2. The molecule has 1 rings (SSSR count). The average molecular weight is 496 g/mol. The molecule has 4 amide bonds. The predicted molar refractivity (Wildman–Crippen MR) is 126 cm³/mol. The fraction of sp³-hybridized carbons (Fsp3) is 0.667. The van der Waals surface area contributed by atoms with Crippen LogP contribution in [0.4, 0.5) is 0 Å². The molecule has 0 unspecified atom stereocenters. The Morgan fingerprint density at radius 1 is 0.971 bits per heavy atom. The third-order valence-electron chi connectivity index (χ3n) is 5.13. The Morgan fingerprint density at radius 3 is 2.09 bits per heavy atom. The highest BCUT2D eigenvalue weighted by Gasteiger charge is 2.29. The molecule has 0 aromatic heterocycles. The number of ether oxygens (including phenoxy) is 1. The summed E-state index contributed by atoms with van der Waals surface area (Å²) < 4.78 is 5.25. The highest BCUT2D eigenvalue weighted by atomic mass is 16.6. The van der Waals surface area contributed by atoms with Crippen molar-refractivity contribution < 1.29 is 38.6 Å². The van der Waals surface area contributed by atoms with E-state index in [2.05, 4.69) is 10.6 Å². The third kappa shape index (κ3) is 11.2. The van der Waals surface area contributed by atoms with Crippen LogP contribution in [0.15, 0.2) is 12.2 Å². The van der Waals surface area contributed by atoms with Crippen LogP contribution in [0, 0.1) is 5.92 Å². The van der Waals surface area contributed by atoms with Gasteiger partial charge in [-0.3, -0.25) is 28.9 Å². The molecule has 3 N–H and O–H groups in total. The number of unbranched alkanes of at least 4 members (excludes halogenated alkanes) is 2. The van der Waals surface area contributed by atoms with Gasteiger partial charge in [0.2, 0.25) is 11.8 Å². The number of carboxylic acid groups (broad SMARTS) is 1. The standard InChI is InChI=1S/C24H37N3O8/c1-15(2)21(23(33)34)26-22(32)16(10-13-20(31)35-24(3,4)5)25-17(28)9-7-6-8-14-27-18(29)11-12-19(27)30/h11-12,15-16,21H,6-10,13-14H2,1-5H3,(H,25,28)(H,26,32)(H,33,34)/t16-,21-/m0/s1. The molecule has 0 spiro atoms. The van der Waals surface area contributed by atoms with E-state index in [0.29, 0.717) is 19.3 Å². The number of carbonyl (C=O) groups excluding carboxylic acids is 5. The lowest BCUT2D eigenvalue weighted by Gasteiger charge is -2.24.